The topological polar surface area (TPSA) is 63.8 Å². The lowest BCUT2D eigenvalue weighted by Gasteiger charge is -2.03. The molecule has 24 heavy (non-hydrogen) atoms. The van der Waals surface area contributed by atoms with Gasteiger partial charge in [-0.2, -0.15) is 0 Å². The largest absolute Gasteiger partial charge is 0.403 e. The van der Waals surface area contributed by atoms with Gasteiger partial charge in [-0.1, -0.05) is 69.8 Å². The molecule has 5 heteroatoms. The van der Waals surface area contributed by atoms with Gasteiger partial charge in [0.15, 0.2) is 0 Å². The molecule has 0 fully saturated rings. The maximum absolute atomic E-state index is 5.60. The van der Waals surface area contributed by atoms with E-state index in [1.807, 2.05) is 12.1 Å². The van der Waals surface area contributed by atoms with Crippen molar-refractivity contribution >= 4 is 6.01 Å². The Hall–Kier alpha value is -1.91. The van der Waals surface area contributed by atoms with Gasteiger partial charge in [-0.15, -0.1) is 5.10 Å². The molecule has 1 N–H and O–H groups in total. The molecule has 0 aliphatic heterocycles. The Labute approximate surface area is 145 Å². The van der Waals surface area contributed by atoms with Crippen molar-refractivity contribution in [1.29, 1.82) is 0 Å². The number of pyridine rings is 1. The number of anilines is 1. The van der Waals surface area contributed by atoms with Crippen molar-refractivity contribution in [3.05, 3.63) is 24.5 Å². The van der Waals surface area contributed by atoms with Crippen LogP contribution in [0.1, 0.15) is 71.1 Å². The molecular formula is C19H30N4O. The highest BCUT2D eigenvalue weighted by Crippen LogP contribution is 2.18. The number of nitrogens with zero attached hydrogens (tertiary/aromatic N) is 3. The van der Waals surface area contributed by atoms with Crippen molar-refractivity contribution in [2.75, 3.05) is 11.9 Å². The van der Waals surface area contributed by atoms with Crippen LogP contribution in [-0.4, -0.2) is 21.7 Å². The molecule has 0 aliphatic rings. The van der Waals surface area contributed by atoms with E-state index in [1.165, 1.54) is 57.8 Å². The lowest BCUT2D eigenvalue weighted by atomic mass is 10.1. The Morgan fingerprint density at radius 3 is 2.12 bits per heavy atom. The Morgan fingerprint density at radius 1 is 0.833 bits per heavy atom. The van der Waals surface area contributed by atoms with Crippen LogP contribution < -0.4 is 5.32 Å². The van der Waals surface area contributed by atoms with Gasteiger partial charge >= 0.3 is 6.01 Å². The minimum atomic E-state index is 0.498. The van der Waals surface area contributed by atoms with Crippen molar-refractivity contribution in [2.24, 2.45) is 0 Å². The van der Waals surface area contributed by atoms with Crippen LogP contribution in [0.3, 0.4) is 0 Å². The van der Waals surface area contributed by atoms with Crippen LogP contribution in [0.4, 0.5) is 6.01 Å². The molecule has 132 valence electrons. The molecule has 0 atom stereocenters. The predicted molar refractivity (Wildman–Crippen MR) is 97.9 cm³/mol. The third-order valence-corrected chi connectivity index (χ3v) is 4.16. The van der Waals surface area contributed by atoms with Crippen LogP contribution in [0.5, 0.6) is 0 Å². The third kappa shape index (κ3) is 7.11. The summed E-state index contributed by atoms with van der Waals surface area (Å²) in [5, 5.41) is 11.3. The Bertz CT molecular complexity index is 541. The van der Waals surface area contributed by atoms with Gasteiger partial charge in [0.2, 0.25) is 5.89 Å². The van der Waals surface area contributed by atoms with E-state index in [2.05, 4.69) is 27.4 Å². The Balaban J connectivity index is 1.49. The van der Waals surface area contributed by atoms with E-state index in [0.29, 0.717) is 11.9 Å². The van der Waals surface area contributed by atoms with Gasteiger partial charge in [0.25, 0.3) is 0 Å². The standard InChI is InChI=1S/C19H30N4O/c1-2-3-4-5-6-7-8-9-10-11-14-21-19-23-22-18(24-19)17-12-15-20-16-13-17/h12-13,15-16H,2-11,14H2,1H3,(H,21,23). The van der Waals surface area contributed by atoms with Gasteiger partial charge in [-0.3, -0.25) is 4.98 Å². The van der Waals surface area contributed by atoms with E-state index in [-0.39, 0.29) is 0 Å². The Morgan fingerprint density at radius 2 is 1.46 bits per heavy atom. The molecule has 0 saturated carbocycles. The number of rotatable bonds is 13. The van der Waals surface area contributed by atoms with Crippen LogP contribution in [0.25, 0.3) is 11.5 Å². The highest BCUT2D eigenvalue weighted by molar-refractivity contribution is 5.51. The molecule has 2 rings (SSSR count). The zero-order chi connectivity index (χ0) is 16.9. The Kier molecular flexibility index (Phi) is 8.91. The second-order valence-corrected chi connectivity index (χ2v) is 6.26. The van der Waals surface area contributed by atoms with Crippen molar-refractivity contribution in [3.63, 3.8) is 0 Å². The van der Waals surface area contributed by atoms with Crippen molar-refractivity contribution < 1.29 is 4.42 Å². The van der Waals surface area contributed by atoms with Crippen LogP contribution in [0.2, 0.25) is 0 Å². The number of unbranched alkanes of at least 4 members (excludes halogenated alkanes) is 9. The normalized spacial score (nSPS) is 10.9. The van der Waals surface area contributed by atoms with Gasteiger partial charge in [-0.05, 0) is 18.6 Å². The van der Waals surface area contributed by atoms with Gasteiger partial charge in [0, 0.05) is 24.5 Å². The van der Waals surface area contributed by atoms with Gasteiger partial charge in [-0.25, -0.2) is 0 Å². The van der Waals surface area contributed by atoms with Crippen molar-refractivity contribution in [3.8, 4) is 11.5 Å². The summed E-state index contributed by atoms with van der Waals surface area (Å²) < 4.78 is 5.60. The highest BCUT2D eigenvalue weighted by Gasteiger charge is 2.07. The summed E-state index contributed by atoms with van der Waals surface area (Å²) in [6.45, 7) is 3.15. The van der Waals surface area contributed by atoms with Crippen molar-refractivity contribution in [1.82, 2.24) is 15.2 Å². The first-order valence-corrected chi connectivity index (χ1v) is 9.38. The fraction of sp³-hybridized carbons (Fsp3) is 0.632. The van der Waals surface area contributed by atoms with E-state index in [9.17, 15) is 0 Å². The first-order chi connectivity index (χ1) is 11.9. The van der Waals surface area contributed by atoms with E-state index < -0.39 is 0 Å². The summed E-state index contributed by atoms with van der Waals surface area (Å²) in [4.78, 5) is 3.98. The van der Waals surface area contributed by atoms with E-state index in [0.717, 1.165) is 18.5 Å². The SMILES string of the molecule is CCCCCCCCCCCCNc1nnc(-c2ccncc2)o1. The molecule has 0 amide bonds. The molecular weight excluding hydrogens is 300 g/mol. The van der Waals surface area contributed by atoms with E-state index >= 15 is 0 Å². The molecule has 0 radical (unpaired) electrons. The first-order valence-electron chi connectivity index (χ1n) is 9.38. The monoisotopic (exact) mass is 330 g/mol. The predicted octanol–water partition coefficient (Wildman–Crippen LogP) is 5.46. The second kappa shape index (κ2) is 11.6. The zero-order valence-corrected chi connectivity index (χ0v) is 14.8. The van der Waals surface area contributed by atoms with Crippen LogP contribution >= 0.6 is 0 Å². The molecule has 0 bridgehead atoms. The van der Waals surface area contributed by atoms with E-state index in [4.69, 9.17) is 4.42 Å². The lowest BCUT2D eigenvalue weighted by Crippen LogP contribution is -2.01. The minimum absolute atomic E-state index is 0.498. The number of hydrogen-bond donors (Lipinski definition) is 1. The van der Waals surface area contributed by atoms with Gasteiger partial charge in [0.1, 0.15) is 0 Å². The lowest BCUT2D eigenvalue weighted by molar-refractivity contribution is 0.554. The molecule has 0 spiro atoms. The molecule has 0 unspecified atom stereocenters. The minimum Gasteiger partial charge on any atom is -0.403 e. The van der Waals surface area contributed by atoms with Gasteiger partial charge < -0.3 is 9.73 Å². The molecule has 0 aliphatic carbocycles. The number of nitrogens with one attached hydrogen (secondary N) is 1. The van der Waals surface area contributed by atoms with Crippen LogP contribution in [0, 0.1) is 0 Å². The summed E-state index contributed by atoms with van der Waals surface area (Å²) in [6.07, 6.45) is 16.8. The van der Waals surface area contributed by atoms with Crippen LogP contribution in [0.15, 0.2) is 28.9 Å². The number of aromatic nitrogens is 3. The smallest absolute Gasteiger partial charge is 0.315 e. The first kappa shape index (κ1) is 18.4. The van der Waals surface area contributed by atoms with Crippen molar-refractivity contribution in [2.45, 2.75) is 71.1 Å². The fourth-order valence-electron chi connectivity index (χ4n) is 2.71. The van der Waals surface area contributed by atoms with E-state index in [1.54, 1.807) is 12.4 Å². The summed E-state index contributed by atoms with van der Waals surface area (Å²) >= 11 is 0. The molecule has 0 saturated heterocycles. The zero-order valence-electron chi connectivity index (χ0n) is 14.8. The third-order valence-electron chi connectivity index (χ3n) is 4.16. The average Bonchev–Trinajstić information content (AvgIpc) is 3.09. The summed E-state index contributed by atoms with van der Waals surface area (Å²) in [5.74, 6) is 0.531. The molecule has 2 heterocycles. The van der Waals surface area contributed by atoms with Crippen LogP contribution in [-0.2, 0) is 0 Å². The quantitative estimate of drug-likeness (QED) is 0.494. The molecule has 0 aromatic carbocycles. The maximum atomic E-state index is 5.60. The highest BCUT2D eigenvalue weighted by atomic mass is 16.4. The summed E-state index contributed by atoms with van der Waals surface area (Å²) in [6, 6.07) is 4.22. The summed E-state index contributed by atoms with van der Waals surface area (Å²) in [7, 11) is 0. The second-order valence-electron chi connectivity index (χ2n) is 6.26. The number of hydrogen-bond acceptors (Lipinski definition) is 5. The molecule has 5 nitrogen and oxygen atoms in total. The fourth-order valence-corrected chi connectivity index (χ4v) is 2.71. The molecule has 2 aromatic heterocycles. The summed E-state index contributed by atoms with van der Waals surface area (Å²) in [5.41, 5.74) is 0.893. The average molecular weight is 330 g/mol. The maximum Gasteiger partial charge on any atom is 0.315 e. The molecule has 2 aromatic rings. The van der Waals surface area contributed by atoms with Gasteiger partial charge in [0.05, 0.1) is 0 Å².